The van der Waals surface area contributed by atoms with E-state index < -0.39 is 6.10 Å². The van der Waals surface area contributed by atoms with Crippen molar-refractivity contribution in [3.8, 4) is 0 Å². The molecule has 1 saturated carbocycles. The summed E-state index contributed by atoms with van der Waals surface area (Å²) in [6.07, 6.45) is 6.33. The van der Waals surface area contributed by atoms with Crippen molar-refractivity contribution in [3.63, 3.8) is 0 Å². The minimum Gasteiger partial charge on any atom is -0.391 e. The number of rotatable bonds is 5. The minimum absolute atomic E-state index is 0.172. The van der Waals surface area contributed by atoms with Crippen LogP contribution < -0.4 is 10.2 Å². The van der Waals surface area contributed by atoms with Crippen LogP contribution in [0.1, 0.15) is 23.2 Å². The maximum absolute atomic E-state index is 13.1. The summed E-state index contributed by atoms with van der Waals surface area (Å²) in [4.78, 5) is 23.6. The Balaban J connectivity index is 1.53. The van der Waals surface area contributed by atoms with Crippen molar-refractivity contribution in [2.75, 3.05) is 19.0 Å². The highest BCUT2D eigenvalue weighted by Crippen LogP contribution is 2.29. The van der Waals surface area contributed by atoms with Crippen LogP contribution in [0.4, 0.5) is 5.82 Å². The van der Waals surface area contributed by atoms with Gasteiger partial charge in [-0.05, 0) is 30.9 Å². The van der Waals surface area contributed by atoms with E-state index in [1.807, 2.05) is 60.1 Å². The zero-order valence-corrected chi connectivity index (χ0v) is 16.1. The predicted octanol–water partition coefficient (Wildman–Crippen LogP) is 2.07. The molecule has 28 heavy (non-hydrogen) atoms. The van der Waals surface area contributed by atoms with Gasteiger partial charge in [0.05, 0.1) is 29.6 Å². The fraction of sp³-hybridized carbons (Fsp3) is 0.381. The van der Waals surface area contributed by atoms with Gasteiger partial charge in [0.15, 0.2) is 0 Å². The summed E-state index contributed by atoms with van der Waals surface area (Å²) in [6, 6.07) is 9.19. The Labute approximate surface area is 164 Å². The van der Waals surface area contributed by atoms with Gasteiger partial charge in [0.2, 0.25) is 0 Å². The highest BCUT2D eigenvalue weighted by molar-refractivity contribution is 6.07. The molecule has 2 heterocycles. The number of aromatic nitrogens is 3. The third-order valence-corrected chi connectivity index (χ3v) is 5.38. The van der Waals surface area contributed by atoms with E-state index >= 15 is 0 Å². The lowest BCUT2D eigenvalue weighted by Gasteiger charge is -2.19. The van der Waals surface area contributed by atoms with Crippen LogP contribution >= 0.6 is 0 Å². The normalized spacial score (nSPS) is 21.8. The molecule has 1 aromatic carbocycles. The number of aliphatic hydroxyl groups is 1. The molecule has 0 radical (unpaired) electrons. The van der Waals surface area contributed by atoms with Crippen molar-refractivity contribution in [3.05, 3.63) is 54.6 Å². The van der Waals surface area contributed by atoms with Gasteiger partial charge < -0.3 is 19.9 Å². The molecule has 1 unspecified atom stereocenters. The van der Waals surface area contributed by atoms with Gasteiger partial charge in [-0.1, -0.05) is 18.2 Å². The molecular formula is C21H25N5O2. The van der Waals surface area contributed by atoms with E-state index in [-0.39, 0.29) is 11.9 Å². The molecule has 146 valence electrons. The number of hydrogen-bond acceptors (Lipinski definition) is 5. The first kappa shape index (κ1) is 18.4. The number of hydrogen-bond donors (Lipinski definition) is 2. The van der Waals surface area contributed by atoms with Crippen LogP contribution in [0.15, 0.2) is 49.1 Å². The number of carbonyl (C=O) groups is 1. The lowest BCUT2D eigenvalue weighted by atomic mass is 10.1. The molecule has 1 amide bonds. The fourth-order valence-corrected chi connectivity index (χ4v) is 3.94. The van der Waals surface area contributed by atoms with Crippen LogP contribution in [0, 0.1) is 5.92 Å². The maximum Gasteiger partial charge on any atom is 0.252 e. The highest BCUT2D eigenvalue weighted by atomic mass is 16.3. The number of nitrogens with zero attached hydrogens (tertiary/aromatic N) is 4. The van der Waals surface area contributed by atoms with Gasteiger partial charge in [0, 0.05) is 38.4 Å². The Kier molecular flexibility index (Phi) is 5.00. The van der Waals surface area contributed by atoms with Gasteiger partial charge >= 0.3 is 0 Å². The smallest absolute Gasteiger partial charge is 0.252 e. The quantitative estimate of drug-likeness (QED) is 0.709. The zero-order chi connectivity index (χ0) is 19.7. The monoisotopic (exact) mass is 379 g/mol. The van der Waals surface area contributed by atoms with Gasteiger partial charge in [-0.25, -0.2) is 9.97 Å². The number of anilines is 1. The maximum atomic E-state index is 13.1. The van der Waals surface area contributed by atoms with Crippen molar-refractivity contribution in [1.82, 2.24) is 19.9 Å². The summed E-state index contributed by atoms with van der Waals surface area (Å²) < 4.78 is 2.02. The minimum atomic E-state index is -0.543. The van der Waals surface area contributed by atoms with Crippen molar-refractivity contribution in [2.45, 2.75) is 31.5 Å². The number of pyridine rings is 1. The van der Waals surface area contributed by atoms with Gasteiger partial charge in [-0.15, -0.1) is 0 Å². The lowest BCUT2D eigenvalue weighted by molar-refractivity contribution is 0.0874. The molecule has 1 aliphatic carbocycles. The van der Waals surface area contributed by atoms with E-state index in [2.05, 4.69) is 15.3 Å². The number of imidazole rings is 1. The first-order chi connectivity index (χ1) is 13.5. The summed E-state index contributed by atoms with van der Waals surface area (Å²) in [5.74, 6) is 0.865. The summed E-state index contributed by atoms with van der Waals surface area (Å²) >= 11 is 0. The first-order valence-corrected chi connectivity index (χ1v) is 9.53. The highest BCUT2D eigenvalue weighted by Gasteiger charge is 2.34. The van der Waals surface area contributed by atoms with Crippen LogP contribution in [0.2, 0.25) is 0 Å². The van der Waals surface area contributed by atoms with E-state index in [4.69, 9.17) is 0 Å². The standard InChI is InChI=1S/C21H25N5O2/c1-25(2)20-11-16(15-5-3-4-6-17(15)23-20)21(28)24-18-9-14(10-19(18)27)12-26-8-7-22-13-26/h3-8,11,13-14,18-19,27H,9-10,12H2,1-2H3,(H,24,28)/t14?,18-,19-/m1/s1. The molecule has 4 rings (SSSR count). The van der Waals surface area contributed by atoms with E-state index in [1.54, 1.807) is 12.5 Å². The molecular weight excluding hydrogens is 354 g/mol. The number of para-hydroxylation sites is 1. The van der Waals surface area contributed by atoms with Crippen LogP contribution in [0.3, 0.4) is 0 Å². The number of amides is 1. The van der Waals surface area contributed by atoms with E-state index in [1.165, 1.54) is 0 Å². The third-order valence-electron chi connectivity index (χ3n) is 5.38. The van der Waals surface area contributed by atoms with Crippen LogP contribution in [0.25, 0.3) is 10.9 Å². The third kappa shape index (κ3) is 3.71. The number of carbonyl (C=O) groups excluding carboxylic acids is 1. The number of nitrogens with one attached hydrogen (secondary N) is 1. The molecule has 0 bridgehead atoms. The number of benzene rings is 1. The largest absolute Gasteiger partial charge is 0.391 e. The summed E-state index contributed by atoms with van der Waals surface area (Å²) in [5, 5.41) is 14.3. The van der Waals surface area contributed by atoms with Crippen LogP contribution in [-0.2, 0) is 6.54 Å². The van der Waals surface area contributed by atoms with Crippen molar-refractivity contribution < 1.29 is 9.90 Å². The van der Waals surface area contributed by atoms with Crippen molar-refractivity contribution in [2.24, 2.45) is 5.92 Å². The van der Waals surface area contributed by atoms with E-state index in [0.29, 0.717) is 17.9 Å². The molecule has 3 aromatic rings. The second-order valence-corrected chi connectivity index (χ2v) is 7.68. The molecule has 7 nitrogen and oxygen atoms in total. The van der Waals surface area contributed by atoms with Crippen molar-refractivity contribution in [1.29, 1.82) is 0 Å². The van der Waals surface area contributed by atoms with Gasteiger partial charge in [-0.2, -0.15) is 0 Å². The Morgan fingerprint density at radius 1 is 1.32 bits per heavy atom. The molecule has 7 heteroatoms. The Morgan fingerprint density at radius 2 is 2.14 bits per heavy atom. The molecule has 2 aromatic heterocycles. The summed E-state index contributed by atoms with van der Waals surface area (Å²) in [6.45, 7) is 0.798. The molecule has 0 aliphatic heterocycles. The molecule has 1 aliphatic rings. The Bertz CT molecular complexity index is 970. The average Bonchev–Trinajstić information content (AvgIpc) is 3.30. The van der Waals surface area contributed by atoms with Crippen molar-refractivity contribution >= 4 is 22.6 Å². The molecule has 1 fully saturated rings. The second kappa shape index (κ2) is 7.59. The second-order valence-electron chi connectivity index (χ2n) is 7.68. The first-order valence-electron chi connectivity index (χ1n) is 9.53. The predicted molar refractivity (Wildman–Crippen MR) is 108 cm³/mol. The zero-order valence-electron chi connectivity index (χ0n) is 16.1. The van der Waals surface area contributed by atoms with Crippen LogP contribution in [-0.4, -0.2) is 51.8 Å². The van der Waals surface area contributed by atoms with Gasteiger partial charge in [0.25, 0.3) is 5.91 Å². The molecule has 0 saturated heterocycles. The van der Waals surface area contributed by atoms with E-state index in [9.17, 15) is 9.90 Å². The average molecular weight is 379 g/mol. The lowest BCUT2D eigenvalue weighted by Crippen LogP contribution is -2.40. The summed E-state index contributed by atoms with van der Waals surface area (Å²) in [7, 11) is 3.81. The molecule has 0 spiro atoms. The topological polar surface area (TPSA) is 83.3 Å². The molecule has 2 N–H and O–H groups in total. The van der Waals surface area contributed by atoms with E-state index in [0.717, 1.165) is 29.7 Å². The number of fused-ring (bicyclic) bond motifs is 1. The van der Waals surface area contributed by atoms with Gasteiger partial charge in [-0.3, -0.25) is 4.79 Å². The SMILES string of the molecule is CN(C)c1cc(C(=O)N[C@@H]2CC(Cn3ccnc3)C[C@H]2O)c2ccccc2n1. The Hall–Kier alpha value is -2.93. The molecule has 3 atom stereocenters. The number of aliphatic hydroxyl groups excluding tert-OH is 1. The van der Waals surface area contributed by atoms with Gasteiger partial charge in [0.1, 0.15) is 5.82 Å². The van der Waals surface area contributed by atoms with Crippen LogP contribution in [0.5, 0.6) is 0 Å². The Morgan fingerprint density at radius 3 is 2.89 bits per heavy atom. The summed E-state index contributed by atoms with van der Waals surface area (Å²) in [5.41, 5.74) is 1.36. The fourth-order valence-electron chi connectivity index (χ4n) is 3.94.